The zero-order valence-electron chi connectivity index (χ0n) is 16.8. The number of hydrogen-bond acceptors (Lipinski definition) is 3. The summed E-state index contributed by atoms with van der Waals surface area (Å²) in [6.07, 6.45) is -1.61. The van der Waals surface area contributed by atoms with Crippen molar-refractivity contribution in [2.75, 3.05) is 5.32 Å². The van der Waals surface area contributed by atoms with Crippen molar-refractivity contribution in [2.24, 2.45) is 0 Å². The molecule has 0 aliphatic carbocycles. The van der Waals surface area contributed by atoms with E-state index in [1.807, 2.05) is 18.2 Å². The number of alkyl halides is 3. The van der Waals surface area contributed by atoms with Gasteiger partial charge in [0.1, 0.15) is 5.82 Å². The molecule has 0 saturated carbocycles. The molecule has 1 amide bonds. The molecule has 0 bridgehead atoms. The number of aromatic nitrogens is 4. The molecule has 0 radical (unpaired) electrons. The molecule has 0 atom stereocenters. The first-order valence-corrected chi connectivity index (χ1v) is 9.90. The normalized spacial score (nSPS) is 11.5. The lowest BCUT2D eigenvalue weighted by atomic mass is 10.2. The average Bonchev–Trinajstić information content (AvgIpc) is 3.35. The van der Waals surface area contributed by atoms with Crippen LogP contribution in [0.5, 0.6) is 0 Å². The minimum atomic E-state index is -4.47. The number of nitrogens with zero attached hydrogens (tertiary/aromatic N) is 4. The van der Waals surface area contributed by atoms with Crippen LogP contribution in [-0.2, 0) is 12.7 Å². The van der Waals surface area contributed by atoms with Crippen molar-refractivity contribution in [2.45, 2.75) is 19.6 Å². The first-order valence-electron chi connectivity index (χ1n) is 9.53. The third-order valence-corrected chi connectivity index (χ3v) is 5.28. The van der Waals surface area contributed by atoms with Crippen LogP contribution >= 0.6 is 11.6 Å². The fourth-order valence-electron chi connectivity index (χ4n) is 3.24. The van der Waals surface area contributed by atoms with E-state index in [0.717, 1.165) is 17.7 Å². The second-order valence-corrected chi connectivity index (χ2v) is 7.43. The zero-order chi connectivity index (χ0) is 22.9. The molecule has 164 valence electrons. The smallest absolute Gasteiger partial charge is 0.307 e. The average molecular weight is 460 g/mol. The molecule has 0 spiro atoms. The number of carbonyl (C=O) groups is 1. The molecule has 0 aliphatic heterocycles. The molecule has 6 nitrogen and oxygen atoms in total. The summed E-state index contributed by atoms with van der Waals surface area (Å²) in [6, 6.07) is 13.7. The van der Waals surface area contributed by atoms with E-state index in [9.17, 15) is 18.0 Å². The SMILES string of the molecule is Cc1c(C(=O)Nc2ccnn2Cc2ccccc2Cl)cnn1-c1cccc(C(F)(F)F)c1. The standard InChI is InChI=1S/C22H17ClF3N5O/c1-14-18(12-28-31(14)17-7-4-6-16(11-17)22(24,25)26)21(32)29-20-9-10-27-30(20)13-15-5-2-3-8-19(15)23/h2-12H,13H2,1H3,(H,29,32). The molecule has 10 heteroatoms. The Balaban J connectivity index is 1.56. The second-order valence-electron chi connectivity index (χ2n) is 7.02. The first-order chi connectivity index (χ1) is 15.2. The van der Waals surface area contributed by atoms with E-state index in [0.29, 0.717) is 23.1 Å². The van der Waals surface area contributed by atoms with E-state index in [-0.39, 0.29) is 11.3 Å². The van der Waals surface area contributed by atoms with Crippen LogP contribution in [0.4, 0.5) is 19.0 Å². The molecule has 0 saturated heterocycles. The molecule has 0 unspecified atom stereocenters. The molecule has 2 heterocycles. The van der Waals surface area contributed by atoms with Crippen molar-refractivity contribution in [3.05, 3.63) is 94.4 Å². The van der Waals surface area contributed by atoms with Gasteiger partial charge in [-0.1, -0.05) is 35.9 Å². The summed E-state index contributed by atoms with van der Waals surface area (Å²) >= 11 is 6.21. The van der Waals surface area contributed by atoms with Gasteiger partial charge < -0.3 is 5.32 Å². The Kier molecular flexibility index (Phi) is 5.75. The second kappa shape index (κ2) is 8.51. The Morgan fingerprint density at radius 3 is 2.62 bits per heavy atom. The van der Waals surface area contributed by atoms with Crippen molar-refractivity contribution in [3.8, 4) is 5.69 Å². The van der Waals surface area contributed by atoms with Crippen molar-refractivity contribution in [1.82, 2.24) is 19.6 Å². The largest absolute Gasteiger partial charge is 0.416 e. The minimum Gasteiger partial charge on any atom is -0.307 e. The molecular formula is C22H17ClF3N5O. The van der Waals surface area contributed by atoms with Gasteiger partial charge in [0.25, 0.3) is 5.91 Å². The third kappa shape index (κ3) is 4.38. The van der Waals surface area contributed by atoms with Crippen LogP contribution in [-0.4, -0.2) is 25.5 Å². The molecule has 1 N–H and O–H groups in total. The Hall–Kier alpha value is -3.59. The van der Waals surface area contributed by atoms with Crippen LogP contribution in [0, 0.1) is 6.92 Å². The van der Waals surface area contributed by atoms with Crippen LogP contribution in [0.25, 0.3) is 5.69 Å². The van der Waals surface area contributed by atoms with Gasteiger partial charge in [0.2, 0.25) is 0 Å². The maximum atomic E-state index is 13.0. The third-order valence-electron chi connectivity index (χ3n) is 4.91. The Morgan fingerprint density at radius 1 is 1.09 bits per heavy atom. The number of benzene rings is 2. The highest BCUT2D eigenvalue weighted by Gasteiger charge is 2.30. The predicted molar refractivity (Wildman–Crippen MR) is 114 cm³/mol. The number of nitrogens with one attached hydrogen (secondary N) is 1. The Labute approximate surface area is 186 Å². The van der Waals surface area contributed by atoms with Crippen LogP contribution in [0.3, 0.4) is 0 Å². The maximum Gasteiger partial charge on any atom is 0.416 e. The lowest BCUT2D eigenvalue weighted by Gasteiger charge is -2.11. The Morgan fingerprint density at radius 2 is 1.88 bits per heavy atom. The quantitative estimate of drug-likeness (QED) is 0.437. The van der Waals surface area contributed by atoms with E-state index < -0.39 is 17.6 Å². The highest BCUT2D eigenvalue weighted by atomic mass is 35.5. The van der Waals surface area contributed by atoms with E-state index >= 15 is 0 Å². The highest BCUT2D eigenvalue weighted by molar-refractivity contribution is 6.31. The monoisotopic (exact) mass is 459 g/mol. The van der Waals surface area contributed by atoms with Crippen LogP contribution in [0.1, 0.15) is 27.2 Å². The summed E-state index contributed by atoms with van der Waals surface area (Å²) in [7, 11) is 0. The van der Waals surface area contributed by atoms with Gasteiger partial charge in [-0.15, -0.1) is 0 Å². The number of hydrogen-bond donors (Lipinski definition) is 1. The zero-order valence-corrected chi connectivity index (χ0v) is 17.5. The topological polar surface area (TPSA) is 64.7 Å². The molecule has 32 heavy (non-hydrogen) atoms. The summed E-state index contributed by atoms with van der Waals surface area (Å²) in [4.78, 5) is 12.9. The summed E-state index contributed by atoms with van der Waals surface area (Å²) in [5.74, 6) is -0.0113. The van der Waals surface area contributed by atoms with Crippen molar-refractivity contribution in [3.63, 3.8) is 0 Å². The lowest BCUT2D eigenvalue weighted by molar-refractivity contribution is -0.137. The fraction of sp³-hybridized carbons (Fsp3) is 0.136. The van der Waals surface area contributed by atoms with E-state index in [1.165, 1.54) is 23.0 Å². The van der Waals surface area contributed by atoms with Gasteiger partial charge in [-0.25, -0.2) is 9.36 Å². The summed E-state index contributed by atoms with van der Waals surface area (Å²) < 4.78 is 42.0. The molecule has 4 rings (SSSR count). The van der Waals surface area contributed by atoms with Gasteiger partial charge in [0, 0.05) is 11.1 Å². The van der Waals surface area contributed by atoms with Gasteiger partial charge in [-0.3, -0.25) is 4.79 Å². The van der Waals surface area contributed by atoms with E-state index in [4.69, 9.17) is 11.6 Å². The summed E-state index contributed by atoms with van der Waals surface area (Å²) in [5.41, 5.74) is 0.883. The minimum absolute atomic E-state index is 0.208. The summed E-state index contributed by atoms with van der Waals surface area (Å²) in [5, 5.41) is 11.7. The number of carbonyl (C=O) groups excluding carboxylic acids is 1. The lowest BCUT2D eigenvalue weighted by Crippen LogP contribution is -2.17. The van der Waals surface area contributed by atoms with Crippen LogP contribution in [0.2, 0.25) is 5.02 Å². The van der Waals surface area contributed by atoms with Gasteiger partial charge in [0.05, 0.1) is 41.4 Å². The maximum absolute atomic E-state index is 13.0. The molecule has 0 aliphatic rings. The number of amides is 1. The van der Waals surface area contributed by atoms with Gasteiger partial charge >= 0.3 is 6.18 Å². The fourth-order valence-corrected chi connectivity index (χ4v) is 3.44. The van der Waals surface area contributed by atoms with E-state index in [2.05, 4.69) is 15.5 Å². The Bertz CT molecular complexity index is 1280. The van der Waals surface area contributed by atoms with Gasteiger partial charge in [-0.2, -0.15) is 23.4 Å². The van der Waals surface area contributed by atoms with Crippen molar-refractivity contribution in [1.29, 1.82) is 0 Å². The van der Waals surface area contributed by atoms with Crippen LogP contribution in [0.15, 0.2) is 67.0 Å². The molecule has 2 aromatic carbocycles. The number of halogens is 4. The summed E-state index contributed by atoms with van der Waals surface area (Å²) in [6.45, 7) is 1.97. The highest BCUT2D eigenvalue weighted by Crippen LogP contribution is 2.30. The molecule has 2 aromatic heterocycles. The number of rotatable bonds is 5. The van der Waals surface area contributed by atoms with E-state index in [1.54, 1.807) is 29.9 Å². The predicted octanol–water partition coefficient (Wildman–Crippen LogP) is 5.35. The van der Waals surface area contributed by atoms with Crippen molar-refractivity contribution >= 4 is 23.3 Å². The first kappa shape index (κ1) is 21.6. The van der Waals surface area contributed by atoms with Crippen molar-refractivity contribution < 1.29 is 18.0 Å². The van der Waals surface area contributed by atoms with Crippen LogP contribution < -0.4 is 5.32 Å². The number of anilines is 1. The molecule has 0 fully saturated rings. The van der Waals surface area contributed by atoms with Gasteiger partial charge in [-0.05, 0) is 36.8 Å². The molecule has 4 aromatic rings. The van der Waals surface area contributed by atoms with Gasteiger partial charge in [0.15, 0.2) is 0 Å². The molecular weight excluding hydrogens is 443 g/mol.